The Kier molecular flexibility index (Phi) is 21.2. The van der Waals surface area contributed by atoms with Crippen LogP contribution in [0, 0.1) is 0 Å². The van der Waals surface area contributed by atoms with Gasteiger partial charge in [0.2, 0.25) is 5.91 Å². The minimum atomic E-state index is 0.0520. The Balaban J connectivity index is 0. The predicted molar refractivity (Wildman–Crippen MR) is 116 cm³/mol. The van der Waals surface area contributed by atoms with E-state index >= 15 is 0 Å². The normalized spacial score (nSPS) is 8.97. The molecule has 0 aliphatic heterocycles. The molecule has 0 heterocycles. The average Bonchev–Trinajstić information content (AvgIpc) is 2.73. The number of Topliss-reactive ketones (excluding diaryl/α,β-unsaturated/α-hetero) is 2. The molecule has 0 saturated carbocycles. The van der Waals surface area contributed by atoms with Crippen molar-refractivity contribution < 1.29 is 19.1 Å². The molecule has 0 aromatic heterocycles. The summed E-state index contributed by atoms with van der Waals surface area (Å²) in [5.74, 6) is 0.569. The van der Waals surface area contributed by atoms with E-state index in [4.69, 9.17) is 10.3 Å². The fourth-order valence-corrected chi connectivity index (χ4v) is 1.70. The number of nitrogens with one attached hydrogen (secondary N) is 1. The quantitative estimate of drug-likeness (QED) is 0.238. The highest BCUT2D eigenvalue weighted by Gasteiger charge is 1.95. The van der Waals surface area contributed by atoms with Crippen LogP contribution < -0.4 is 5.32 Å². The SMILES string of the molecule is CC(=O)CCCOCCN=[N+]=[N-].CCC(=O)CC.CCC(=O)Nc1ccccc1. The van der Waals surface area contributed by atoms with E-state index in [9.17, 15) is 14.4 Å². The van der Waals surface area contributed by atoms with E-state index in [1.54, 1.807) is 6.92 Å². The standard InChI is InChI=1S/C9H11NO.C7H13N3O2.C5H10O/c1-2-9(11)10-8-6-4-3-5-7-8;1-7(11)3-2-5-12-6-4-9-10-8;1-3-5(6)4-2/h3-7H,2H2,1H3,(H,10,11);2-6H2,1H3;3-4H2,1-2H3. The van der Waals surface area contributed by atoms with Gasteiger partial charge in [-0.3, -0.25) is 9.59 Å². The molecular weight excluding hydrogens is 372 g/mol. The lowest BCUT2D eigenvalue weighted by Crippen LogP contribution is -2.08. The molecule has 0 radical (unpaired) electrons. The number of anilines is 1. The van der Waals surface area contributed by atoms with Crippen molar-refractivity contribution in [2.24, 2.45) is 5.11 Å². The molecule has 162 valence electrons. The second-order valence-corrected chi connectivity index (χ2v) is 5.89. The third-order valence-corrected chi connectivity index (χ3v) is 3.38. The summed E-state index contributed by atoms with van der Waals surface area (Å²) < 4.78 is 5.07. The Labute approximate surface area is 173 Å². The molecule has 0 atom stereocenters. The van der Waals surface area contributed by atoms with Crippen molar-refractivity contribution >= 4 is 23.2 Å². The molecule has 0 aliphatic rings. The van der Waals surface area contributed by atoms with Gasteiger partial charge in [-0.1, -0.05) is 44.1 Å². The van der Waals surface area contributed by atoms with Gasteiger partial charge in [-0.2, -0.15) is 0 Å². The lowest BCUT2D eigenvalue weighted by Gasteiger charge is -2.00. The van der Waals surface area contributed by atoms with Crippen LogP contribution in [0.15, 0.2) is 35.4 Å². The van der Waals surface area contributed by atoms with E-state index < -0.39 is 0 Å². The first-order valence-electron chi connectivity index (χ1n) is 9.85. The maximum Gasteiger partial charge on any atom is 0.224 e. The van der Waals surface area contributed by atoms with Crippen molar-refractivity contribution in [1.82, 2.24) is 0 Å². The van der Waals surface area contributed by atoms with Gasteiger partial charge >= 0.3 is 0 Å². The number of carbonyl (C=O) groups excluding carboxylic acids is 3. The number of nitrogens with zero attached hydrogens (tertiary/aromatic N) is 3. The molecule has 8 nitrogen and oxygen atoms in total. The second-order valence-electron chi connectivity index (χ2n) is 5.89. The van der Waals surface area contributed by atoms with Gasteiger partial charge in [0.15, 0.2) is 0 Å². The largest absolute Gasteiger partial charge is 0.381 e. The number of azide groups is 1. The summed E-state index contributed by atoms with van der Waals surface area (Å²) in [6.07, 6.45) is 3.20. The summed E-state index contributed by atoms with van der Waals surface area (Å²) in [6.45, 7) is 8.50. The van der Waals surface area contributed by atoms with Gasteiger partial charge in [0.1, 0.15) is 11.6 Å². The van der Waals surface area contributed by atoms with Crippen LogP contribution in [0.5, 0.6) is 0 Å². The molecule has 1 aromatic rings. The van der Waals surface area contributed by atoms with Crippen LogP contribution in [-0.2, 0) is 19.1 Å². The number of carbonyl (C=O) groups is 3. The summed E-state index contributed by atoms with van der Waals surface area (Å²) in [7, 11) is 0. The number of benzene rings is 1. The van der Waals surface area contributed by atoms with Gasteiger partial charge in [-0.05, 0) is 31.0 Å². The third-order valence-electron chi connectivity index (χ3n) is 3.38. The topological polar surface area (TPSA) is 121 Å². The minimum absolute atomic E-state index is 0.0520. The fourth-order valence-electron chi connectivity index (χ4n) is 1.70. The zero-order valence-corrected chi connectivity index (χ0v) is 18.0. The second kappa shape index (κ2) is 21.6. The fraction of sp³-hybridized carbons (Fsp3) is 0.571. The van der Waals surface area contributed by atoms with Crippen molar-refractivity contribution in [3.8, 4) is 0 Å². The number of rotatable bonds is 11. The highest BCUT2D eigenvalue weighted by Crippen LogP contribution is 2.04. The molecule has 0 aliphatic carbocycles. The molecule has 1 amide bonds. The summed E-state index contributed by atoms with van der Waals surface area (Å²) in [4.78, 5) is 34.1. The van der Waals surface area contributed by atoms with Crippen LogP contribution in [0.25, 0.3) is 10.4 Å². The maximum absolute atomic E-state index is 10.9. The molecule has 1 N–H and O–H groups in total. The van der Waals surface area contributed by atoms with Gasteiger partial charge in [0.05, 0.1) is 6.61 Å². The number of hydrogen-bond donors (Lipinski definition) is 1. The van der Waals surface area contributed by atoms with Crippen LogP contribution in [-0.4, -0.2) is 37.2 Å². The molecule has 1 aromatic carbocycles. The van der Waals surface area contributed by atoms with Gasteiger partial charge in [-0.25, -0.2) is 0 Å². The molecule has 0 bridgehead atoms. The van der Waals surface area contributed by atoms with Crippen LogP contribution in [0.2, 0.25) is 0 Å². The Bertz CT molecular complexity index is 602. The first-order valence-corrected chi connectivity index (χ1v) is 9.85. The average molecular weight is 407 g/mol. The lowest BCUT2D eigenvalue weighted by atomic mass is 10.2. The highest BCUT2D eigenvalue weighted by atomic mass is 16.5. The van der Waals surface area contributed by atoms with Crippen molar-refractivity contribution in [2.45, 2.75) is 59.8 Å². The summed E-state index contributed by atoms with van der Waals surface area (Å²) in [6, 6.07) is 9.44. The Morgan fingerprint density at radius 2 is 1.66 bits per heavy atom. The van der Waals surface area contributed by atoms with Crippen molar-refractivity contribution in [3.63, 3.8) is 0 Å². The summed E-state index contributed by atoms with van der Waals surface area (Å²) in [5.41, 5.74) is 8.76. The number of amides is 1. The van der Waals surface area contributed by atoms with Crippen LogP contribution >= 0.6 is 0 Å². The first-order chi connectivity index (χ1) is 13.9. The Morgan fingerprint density at radius 1 is 1.03 bits per heavy atom. The third kappa shape index (κ3) is 23.3. The highest BCUT2D eigenvalue weighted by molar-refractivity contribution is 5.90. The van der Waals surface area contributed by atoms with E-state index in [-0.39, 0.29) is 11.7 Å². The Morgan fingerprint density at radius 3 is 2.10 bits per heavy atom. The van der Waals surface area contributed by atoms with E-state index in [0.29, 0.717) is 51.2 Å². The van der Waals surface area contributed by atoms with E-state index in [1.165, 1.54) is 0 Å². The maximum atomic E-state index is 10.9. The van der Waals surface area contributed by atoms with Crippen LogP contribution in [0.4, 0.5) is 5.69 Å². The lowest BCUT2D eigenvalue weighted by molar-refractivity contribution is -0.118. The van der Waals surface area contributed by atoms with E-state index in [2.05, 4.69) is 15.3 Å². The summed E-state index contributed by atoms with van der Waals surface area (Å²) >= 11 is 0. The minimum Gasteiger partial charge on any atom is -0.381 e. The molecule has 29 heavy (non-hydrogen) atoms. The van der Waals surface area contributed by atoms with E-state index in [1.807, 2.05) is 51.1 Å². The molecule has 0 saturated heterocycles. The number of para-hydroxylation sites is 1. The van der Waals surface area contributed by atoms with Crippen LogP contribution in [0.3, 0.4) is 0 Å². The van der Waals surface area contributed by atoms with Gasteiger partial charge in [0, 0.05) is 49.4 Å². The number of hydrogen-bond acceptors (Lipinski definition) is 5. The first kappa shape index (κ1) is 28.5. The molecular formula is C21H34N4O4. The van der Waals surface area contributed by atoms with E-state index in [0.717, 1.165) is 12.1 Å². The molecule has 0 fully saturated rings. The van der Waals surface area contributed by atoms with Crippen molar-refractivity contribution in [1.29, 1.82) is 0 Å². The monoisotopic (exact) mass is 406 g/mol. The zero-order chi connectivity index (χ0) is 22.3. The number of ketones is 2. The van der Waals surface area contributed by atoms with Crippen molar-refractivity contribution in [2.75, 3.05) is 25.1 Å². The molecule has 1 rings (SSSR count). The smallest absolute Gasteiger partial charge is 0.224 e. The zero-order valence-electron chi connectivity index (χ0n) is 18.0. The molecule has 0 unspecified atom stereocenters. The van der Waals surface area contributed by atoms with Gasteiger partial charge < -0.3 is 14.8 Å². The predicted octanol–water partition coefficient (Wildman–Crippen LogP) is 5.09. The summed E-state index contributed by atoms with van der Waals surface area (Å²) in [5, 5.41) is 6.05. The number of ether oxygens (including phenoxy) is 1. The van der Waals surface area contributed by atoms with Gasteiger partial charge in [-0.15, -0.1) is 0 Å². The van der Waals surface area contributed by atoms with Gasteiger partial charge in [0.25, 0.3) is 0 Å². The van der Waals surface area contributed by atoms with Crippen LogP contribution in [0.1, 0.15) is 59.8 Å². The van der Waals surface area contributed by atoms with Crippen molar-refractivity contribution in [3.05, 3.63) is 40.8 Å². The molecule has 8 heteroatoms. The Hall–Kier alpha value is -2.70. The molecule has 0 spiro atoms.